The maximum Gasteiger partial charge on any atom is 0.257 e. The summed E-state index contributed by atoms with van der Waals surface area (Å²) in [5.41, 5.74) is 0.859. The lowest BCUT2D eigenvalue weighted by molar-refractivity contribution is -0.122. The van der Waals surface area contributed by atoms with E-state index in [2.05, 4.69) is 5.32 Å². The number of carbonyl (C=O) groups excluding carboxylic acids is 1. The molecule has 4 heteroatoms. The average Bonchev–Trinajstić information content (AvgIpc) is 2.36. The van der Waals surface area contributed by atoms with Gasteiger partial charge in [0.1, 0.15) is 5.75 Å². The van der Waals surface area contributed by atoms with E-state index in [1.54, 1.807) is 24.3 Å². The van der Waals surface area contributed by atoms with Crippen LogP contribution in [0.25, 0.3) is 0 Å². The van der Waals surface area contributed by atoms with Gasteiger partial charge in [-0.25, -0.2) is 0 Å². The predicted octanol–water partition coefficient (Wildman–Crippen LogP) is 1.64. The number of hydrogen-bond acceptors (Lipinski definition) is 3. The second-order valence-electron chi connectivity index (χ2n) is 3.74. The molecular formula is C13H19NO3. The zero-order valence-corrected chi connectivity index (χ0v) is 10.3. The lowest BCUT2D eigenvalue weighted by atomic mass is 10.1. The molecule has 0 fully saturated rings. The average molecular weight is 237 g/mol. The van der Waals surface area contributed by atoms with Crippen molar-refractivity contribution in [2.75, 3.05) is 13.2 Å². The second-order valence-corrected chi connectivity index (χ2v) is 3.74. The Balaban J connectivity index is 2.48. The monoisotopic (exact) mass is 237 g/mol. The summed E-state index contributed by atoms with van der Waals surface area (Å²) < 4.78 is 5.30. The minimum absolute atomic E-state index is 0.0174. The Morgan fingerprint density at radius 3 is 2.53 bits per heavy atom. The number of likely N-dealkylation sites (N-methyl/N-ethyl adjacent to an activating group) is 1. The number of nitrogens with one attached hydrogen (secondary N) is 1. The van der Waals surface area contributed by atoms with Gasteiger partial charge in [-0.05, 0) is 31.0 Å². The van der Waals surface area contributed by atoms with Crippen molar-refractivity contribution in [1.82, 2.24) is 5.32 Å². The van der Waals surface area contributed by atoms with Crippen molar-refractivity contribution < 1.29 is 14.6 Å². The van der Waals surface area contributed by atoms with E-state index in [4.69, 9.17) is 4.74 Å². The predicted molar refractivity (Wildman–Crippen MR) is 65.9 cm³/mol. The van der Waals surface area contributed by atoms with E-state index < -0.39 is 6.10 Å². The van der Waals surface area contributed by atoms with Crippen molar-refractivity contribution in [2.24, 2.45) is 0 Å². The molecule has 0 aliphatic carbocycles. The molecule has 0 saturated carbocycles. The van der Waals surface area contributed by atoms with Crippen LogP contribution < -0.4 is 10.1 Å². The first kappa shape index (κ1) is 13.5. The molecule has 94 valence electrons. The summed E-state index contributed by atoms with van der Waals surface area (Å²) in [7, 11) is 0. The summed E-state index contributed by atoms with van der Waals surface area (Å²) in [5, 5.41) is 12.3. The first-order valence-corrected chi connectivity index (χ1v) is 5.84. The SMILES string of the molecule is CCNC(=O)COc1ccc([C@H](O)CC)cc1. The van der Waals surface area contributed by atoms with E-state index in [1.165, 1.54) is 0 Å². The largest absolute Gasteiger partial charge is 0.484 e. The highest BCUT2D eigenvalue weighted by Gasteiger charge is 2.05. The minimum atomic E-state index is -0.438. The standard InChI is InChI=1S/C13H19NO3/c1-3-12(15)10-5-7-11(8-6-10)17-9-13(16)14-4-2/h5-8,12,15H,3-4,9H2,1-2H3,(H,14,16)/t12-/m1/s1. The molecule has 1 aromatic rings. The van der Waals surface area contributed by atoms with E-state index in [9.17, 15) is 9.90 Å². The molecule has 0 spiro atoms. The Hall–Kier alpha value is -1.55. The minimum Gasteiger partial charge on any atom is -0.484 e. The first-order valence-electron chi connectivity index (χ1n) is 5.84. The van der Waals surface area contributed by atoms with E-state index in [-0.39, 0.29) is 12.5 Å². The van der Waals surface area contributed by atoms with Crippen molar-refractivity contribution in [1.29, 1.82) is 0 Å². The van der Waals surface area contributed by atoms with Crippen molar-refractivity contribution in [3.63, 3.8) is 0 Å². The molecule has 0 radical (unpaired) electrons. The third kappa shape index (κ3) is 4.44. The number of aliphatic hydroxyl groups excluding tert-OH is 1. The molecule has 0 aliphatic rings. The van der Waals surface area contributed by atoms with Crippen LogP contribution in [0.1, 0.15) is 31.9 Å². The zero-order valence-electron chi connectivity index (χ0n) is 10.3. The van der Waals surface area contributed by atoms with Gasteiger partial charge in [-0.1, -0.05) is 19.1 Å². The molecule has 17 heavy (non-hydrogen) atoms. The molecule has 4 nitrogen and oxygen atoms in total. The second kappa shape index (κ2) is 6.91. The summed E-state index contributed by atoms with van der Waals surface area (Å²) in [4.78, 5) is 11.2. The van der Waals surface area contributed by atoms with E-state index in [0.717, 1.165) is 5.56 Å². The molecule has 1 rings (SSSR count). The van der Waals surface area contributed by atoms with Gasteiger partial charge < -0.3 is 15.2 Å². The third-order valence-electron chi connectivity index (χ3n) is 2.40. The molecule has 1 aromatic carbocycles. The number of carbonyl (C=O) groups is 1. The van der Waals surface area contributed by atoms with Gasteiger partial charge >= 0.3 is 0 Å². The fourth-order valence-electron chi connectivity index (χ4n) is 1.42. The topological polar surface area (TPSA) is 58.6 Å². The summed E-state index contributed by atoms with van der Waals surface area (Å²) in [6.07, 6.45) is 0.242. The van der Waals surface area contributed by atoms with Crippen molar-refractivity contribution >= 4 is 5.91 Å². The Morgan fingerprint density at radius 2 is 2.00 bits per heavy atom. The van der Waals surface area contributed by atoms with Gasteiger partial charge in [-0.2, -0.15) is 0 Å². The first-order chi connectivity index (χ1) is 8.17. The highest BCUT2D eigenvalue weighted by molar-refractivity contribution is 5.77. The number of amides is 1. The molecule has 0 aliphatic heterocycles. The number of hydrogen-bond donors (Lipinski definition) is 2. The molecule has 2 N–H and O–H groups in total. The number of ether oxygens (including phenoxy) is 1. The van der Waals surface area contributed by atoms with Crippen LogP contribution in [0.3, 0.4) is 0 Å². The van der Waals surface area contributed by atoms with E-state index in [1.807, 2.05) is 13.8 Å². The highest BCUT2D eigenvalue weighted by Crippen LogP contribution is 2.19. The van der Waals surface area contributed by atoms with E-state index in [0.29, 0.717) is 18.7 Å². The summed E-state index contributed by atoms with van der Waals surface area (Å²) >= 11 is 0. The highest BCUT2D eigenvalue weighted by atomic mass is 16.5. The van der Waals surface area contributed by atoms with Crippen LogP contribution >= 0.6 is 0 Å². The van der Waals surface area contributed by atoms with Crippen molar-refractivity contribution in [3.8, 4) is 5.75 Å². The molecule has 0 saturated heterocycles. The lowest BCUT2D eigenvalue weighted by Crippen LogP contribution is -2.28. The Kier molecular flexibility index (Phi) is 5.49. The van der Waals surface area contributed by atoms with Gasteiger partial charge in [0.2, 0.25) is 0 Å². The molecule has 0 heterocycles. The van der Waals surface area contributed by atoms with Crippen LogP contribution in [0.5, 0.6) is 5.75 Å². The Bertz CT molecular complexity index is 348. The van der Waals surface area contributed by atoms with Gasteiger partial charge in [0, 0.05) is 6.54 Å². The quantitative estimate of drug-likeness (QED) is 0.791. The fourth-order valence-corrected chi connectivity index (χ4v) is 1.42. The number of benzene rings is 1. The molecular weight excluding hydrogens is 218 g/mol. The van der Waals surface area contributed by atoms with Gasteiger partial charge in [0.05, 0.1) is 6.10 Å². The van der Waals surface area contributed by atoms with Crippen LogP contribution in [0.4, 0.5) is 0 Å². The van der Waals surface area contributed by atoms with Crippen molar-refractivity contribution in [3.05, 3.63) is 29.8 Å². The summed E-state index contributed by atoms with van der Waals surface area (Å²) in [6.45, 7) is 4.40. The normalized spacial score (nSPS) is 11.9. The molecule has 0 bridgehead atoms. The molecule has 1 amide bonds. The van der Waals surface area contributed by atoms with Crippen molar-refractivity contribution in [2.45, 2.75) is 26.4 Å². The van der Waals surface area contributed by atoms with Crippen LogP contribution in [0.15, 0.2) is 24.3 Å². The lowest BCUT2D eigenvalue weighted by Gasteiger charge is -2.10. The number of rotatable bonds is 6. The molecule has 1 atom stereocenters. The smallest absolute Gasteiger partial charge is 0.257 e. The zero-order chi connectivity index (χ0) is 12.7. The molecule has 0 unspecified atom stereocenters. The third-order valence-corrected chi connectivity index (χ3v) is 2.40. The maximum atomic E-state index is 11.2. The maximum absolute atomic E-state index is 11.2. The Labute approximate surface area is 102 Å². The van der Waals surface area contributed by atoms with Gasteiger partial charge in [0.15, 0.2) is 6.61 Å². The van der Waals surface area contributed by atoms with Gasteiger partial charge in [0.25, 0.3) is 5.91 Å². The summed E-state index contributed by atoms with van der Waals surface area (Å²) in [6, 6.07) is 7.13. The van der Waals surface area contributed by atoms with Gasteiger partial charge in [-0.15, -0.1) is 0 Å². The van der Waals surface area contributed by atoms with E-state index >= 15 is 0 Å². The van der Waals surface area contributed by atoms with Crippen LogP contribution in [-0.2, 0) is 4.79 Å². The van der Waals surface area contributed by atoms with Crippen LogP contribution in [-0.4, -0.2) is 24.2 Å². The number of aliphatic hydroxyl groups is 1. The van der Waals surface area contributed by atoms with Crippen LogP contribution in [0.2, 0.25) is 0 Å². The molecule has 0 aromatic heterocycles. The van der Waals surface area contributed by atoms with Crippen LogP contribution in [0, 0.1) is 0 Å². The van der Waals surface area contributed by atoms with Gasteiger partial charge in [-0.3, -0.25) is 4.79 Å². The summed E-state index contributed by atoms with van der Waals surface area (Å²) in [5.74, 6) is 0.494. The Morgan fingerprint density at radius 1 is 1.35 bits per heavy atom. The fraction of sp³-hybridized carbons (Fsp3) is 0.462.